The van der Waals surface area contributed by atoms with Crippen LogP contribution in [-0.2, 0) is 4.79 Å². The SMILES string of the molecule is COc1c(F)cc(OC(C)=O)cc1F. The molecule has 0 fully saturated rings. The zero-order valence-electron chi connectivity index (χ0n) is 7.64. The third kappa shape index (κ3) is 2.18. The molecule has 0 saturated carbocycles. The normalized spacial score (nSPS) is 9.71. The lowest BCUT2D eigenvalue weighted by molar-refractivity contribution is -0.131. The number of halogens is 2. The van der Waals surface area contributed by atoms with E-state index in [1.807, 2.05) is 0 Å². The van der Waals surface area contributed by atoms with Crippen molar-refractivity contribution in [2.45, 2.75) is 6.92 Å². The Balaban J connectivity index is 3.07. The van der Waals surface area contributed by atoms with Crippen LogP contribution in [0.3, 0.4) is 0 Å². The molecule has 0 unspecified atom stereocenters. The number of rotatable bonds is 2. The van der Waals surface area contributed by atoms with Crippen LogP contribution in [0.1, 0.15) is 6.92 Å². The second-order valence-electron chi connectivity index (χ2n) is 2.51. The molecule has 76 valence electrons. The Morgan fingerprint density at radius 2 is 1.79 bits per heavy atom. The standard InChI is InChI=1S/C9H8F2O3/c1-5(12)14-6-3-7(10)9(13-2)8(11)4-6/h3-4H,1-2H3. The van der Waals surface area contributed by atoms with Gasteiger partial charge in [0.25, 0.3) is 0 Å². The summed E-state index contributed by atoms with van der Waals surface area (Å²) in [6.45, 7) is 1.14. The van der Waals surface area contributed by atoms with Gasteiger partial charge in [0, 0.05) is 19.1 Å². The van der Waals surface area contributed by atoms with E-state index in [1.54, 1.807) is 0 Å². The van der Waals surface area contributed by atoms with Crippen LogP contribution in [0.4, 0.5) is 8.78 Å². The van der Waals surface area contributed by atoms with Crippen molar-refractivity contribution < 1.29 is 23.0 Å². The fourth-order valence-electron chi connectivity index (χ4n) is 0.957. The predicted molar refractivity (Wildman–Crippen MR) is 44.2 cm³/mol. The number of hydrogen-bond acceptors (Lipinski definition) is 3. The first-order valence-electron chi connectivity index (χ1n) is 3.76. The maximum atomic E-state index is 13.0. The maximum Gasteiger partial charge on any atom is 0.308 e. The lowest BCUT2D eigenvalue weighted by Gasteiger charge is -2.05. The van der Waals surface area contributed by atoms with Gasteiger partial charge >= 0.3 is 5.97 Å². The smallest absolute Gasteiger partial charge is 0.308 e. The summed E-state index contributed by atoms with van der Waals surface area (Å²) in [7, 11) is 1.15. The summed E-state index contributed by atoms with van der Waals surface area (Å²) >= 11 is 0. The number of carbonyl (C=O) groups excluding carboxylic acids is 1. The fourth-order valence-corrected chi connectivity index (χ4v) is 0.957. The van der Waals surface area contributed by atoms with Crippen LogP contribution in [0, 0.1) is 11.6 Å². The van der Waals surface area contributed by atoms with Crippen molar-refractivity contribution in [2.24, 2.45) is 0 Å². The summed E-state index contributed by atoms with van der Waals surface area (Å²) in [4.78, 5) is 10.5. The van der Waals surface area contributed by atoms with Gasteiger partial charge in [0.15, 0.2) is 17.4 Å². The first kappa shape index (κ1) is 10.4. The minimum atomic E-state index is -0.913. The van der Waals surface area contributed by atoms with Crippen LogP contribution in [0.15, 0.2) is 12.1 Å². The van der Waals surface area contributed by atoms with Gasteiger partial charge in [-0.25, -0.2) is 8.78 Å². The Hall–Kier alpha value is -1.65. The molecule has 0 bridgehead atoms. The van der Waals surface area contributed by atoms with Gasteiger partial charge in [-0.15, -0.1) is 0 Å². The average Bonchev–Trinajstić information content (AvgIpc) is 2.01. The lowest BCUT2D eigenvalue weighted by atomic mass is 10.3. The van der Waals surface area contributed by atoms with Crippen LogP contribution in [0.2, 0.25) is 0 Å². The van der Waals surface area contributed by atoms with Gasteiger partial charge in [-0.1, -0.05) is 0 Å². The van der Waals surface area contributed by atoms with E-state index < -0.39 is 23.4 Å². The average molecular weight is 202 g/mol. The Morgan fingerprint density at radius 3 is 2.14 bits per heavy atom. The molecule has 0 N–H and O–H groups in total. The molecule has 1 rings (SSSR count). The van der Waals surface area contributed by atoms with Gasteiger partial charge in [0.1, 0.15) is 5.75 Å². The molecule has 0 heterocycles. The number of hydrogen-bond donors (Lipinski definition) is 0. The van der Waals surface area contributed by atoms with Crippen molar-refractivity contribution in [3.8, 4) is 11.5 Å². The summed E-state index contributed by atoms with van der Waals surface area (Å²) in [6, 6.07) is 1.76. The number of esters is 1. The zero-order chi connectivity index (χ0) is 10.7. The van der Waals surface area contributed by atoms with Crippen LogP contribution in [0.25, 0.3) is 0 Å². The van der Waals surface area contributed by atoms with Crippen molar-refractivity contribution >= 4 is 5.97 Å². The van der Waals surface area contributed by atoms with Gasteiger partial charge in [0.05, 0.1) is 7.11 Å². The van der Waals surface area contributed by atoms with Gasteiger partial charge < -0.3 is 9.47 Å². The zero-order valence-corrected chi connectivity index (χ0v) is 7.64. The molecule has 14 heavy (non-hydrogen) atoms. The molecule has 0 atom stereocenters. The summed E-state index contributed by atoms with van der Waals surface area (Å²) in [5, 5.41) is 0. The van der Waals surface area contributed by atoms with E-state index in [0.717, 1.165) is 26.2 Å². The molecule has 1 aromatic carbocycles. The van der Waals surface area contributed by atoms with Crippen molar-refractivity contribution in [1.29, 1.82) is 0 Å². The highest BCUT2D eigenvalue weighted by Gasteiger charge is 2.12. The molecule has 1 aromatic rings. The molecular weight excluding hydrogens is 194 g/mol. The predicted octanol–water partition coefficient (Wildman–Crippen LogP) is 1.90. The second-order valence-corrected chi connectivity index (χ2v) is 2.51. The lowest BCUT2D eigenvalue weighted by Crippen LogP contribution is -2.03. The molecule has 0 radical (unpaired) electrons. The Bertz CT molecular complexity index is 340. The first-order valence-corrected chi connectivity index (χ1v) is 3.76. The highest BCUT2D eigenvalue weighted by molar-refractivity contribution is 5.69. The Kier molecular flexibility index (Phi) is 3.01. The highest BCUT2D eigenvalue weighted by Crippen LogP contribution is 2.26. The quantitative estimate of drug-likeness (QED) is 0.542. The molecule has 3 nitrogen and oxygen atoms in total. The van der Waals surface area contributed by atoms with Crippen molar-refractivity contribution in [1.82, 2.24) is 0 Å². The monoisotopic (exact) mass is 202 g/mol. The van der Waals surface area contributed by atoms with Gasteiger partial charge in [0.2, 0.25) is 0 Å². The minimum absolute atomic E-state index is 0.187. The first-order chi connectivity index (χ1) is 6.54. The summed E-state index contributed by atoms with van der Waals surface area (Å²) in [5.74, 6) is -3.16. The third-order valence-corrected chi connectivity index (χ3v) is 1.44. The number of ether oxygens (including phenoxy) is 2. The maximum absolute atomic E-state index is 13.0. The Labute approximate surface area is 79.2 Å². The van der Waals surface area contributed by atoms with Crippen molar-refractivity contribution in [2.75, 3.05) is 7.11 Å². The van der Waals surface area contributed by atoms with Crippen LogP contribution in [-0.4, -0.2) is 13.1 Å². The topological polar surface area (TPSA) is 35.5 Å². The van der Waals surface area contributed by atoms with E-state index in [4.69, 9.17) is 0 Å². The summed E-state index contributed by atoms with van der Waals surface area (Å²) in [5.41, 5.74) is 0. The second kappa shape index (κ2) is 4.04. The number of carbonyl (C=O) groups is 1. The molecule has 5 heteroatoms. The van der Waals surface area contributed by atoms with E-state index in [0.29, 0.717) is 0 Å². The van der Waals surface area contributed by atoms with Crippen molar-refractivity contribution in [3.63, 3.8) is 0 Å². The molecule has 0 aliphatic rings. The minimum Gasteiger partial charge on any atom is -0.491 e. The van der Waals surface area contributed by atoms with Gasteiger partial charge in [-0.05, 0) is 0 Å². The molecule has 0 aromatic heterocycles. The van der Waals surface area contributed by atoms with Crippen molar-refractivity contribution in [3.05, 3.63) is 23.8 Å². The fraction of sp³-hybridized carbons (Fsp3) is 0.222. The van der Waals surface area contributed by atoms with E-state index in [2.05, 4.69) is 9.47 Å². The number of methoxy groups -OCH3 is 1. The van der Waals surface area contributed by atoms with E-state index >= 15 is 0 Å². The molecule has 0 amide bonds. The molecular formula is C9H8F2O3. The Morgan fingerprint density at radius 1 is 1.29 bits per heavy atom. The molecule has 0 aliphatic carbocycles. The summed E-state index contributed by atoms with van der Waals surface area (Å²) < 4.78 is 35.0. The van der Waals surface area contributed by atoms with Gasteiger partial charge in [-0.3, -0.25) is 4.79 Å². The molecule has 0 spiro atoms. The summed E-state index contributed by atoms with van der Waals surface area (Å²) in [6.07, 6.45) is 0. The van der Waals surface area contributed by atoms with Crippen LogP contribution < -0.4 is 9.47 Å². The van der Waals surface area contributed by atoms with E-state index in [-0.39, 0.29) is 5.75 Å². The van der Waals surface area contributed by atoms with E-state index in [9.17, 15) is 13.6 Å². The van der Waals surface area contributed by atoms with Crippen LogP contribution in [0.5, 0.6) is 11.5 Å². The largest absolute Gasteiger partial charge is 0.491 e. The molecule has 0 aliphatic heterocycles. The van der Waals surface area contributed by atoms with E-state index in [1.165, 1.54) is 0 Å². The highest BCUT2D eigenvalue weighted by atomic mass is 19.1. The number of benzene rings is 1. The molecule has 0 saturated heterocycles. The van der Waals surface area contributed by atoms with Crippen LogP contribution >= 0.6 is 0 Å². The van der Waals surface area contributed by atoms with Gasteiger partial charge in [-0.2, -0.15) is 0 Å². The third-order valence-electron chi connectivity index (χ3n) is 1.44.